The molecule has 24 heavy (non-hydrogen) atoms. The highest BCUT2D eigenvalue weighted by Gasteiger charge is 2.38. The molecule has 9 nitrogen and oxygen atoms in total. The number of hydrogen-bond acceptors (Lipinski definition) is 6. The highest BCUT2D eigenvalue weighted by molar-refractivity contribution is 7.88. The first-order valence-electron chi connectivity index (χ1n) is 6.71. The van der Waals surface area contributed by atoms with Crippen LogP contribution in [0.25, 0.3) is 0 Å². The molecular weight excluding hydrogens is 340 g/mol. The molecule has 0 spiro atoms. The van der Waals surface area contributed by atoms with E-state index in [1.54, 1.807) is 0 Å². The average molecular weight is 358 g/mol. The Balaban J connectivity index is 3.00. The lowest BCUT2D eigenvalue weighted by Crippen LogP contribution is -2.46. The van der Waals surface area contributed by atoms with Gasteiger partial charge in [0.25, 0.3) is 11.8 Å². The van der Waals surface area contributed by atoms with Crippen LogP contribution in [0.2, 0.25) is 0 Å². The Bertz CT molecular complexity index is 693. The van der Waals surface area contributed by atoms with Crippen molar-refractivity contribution in [3.63, 3.8) is 0 Å². The minimum Gasteiger partial charge on any atom is -0.480 e. The van der Waals surface area contributed by atoms with Gasteiger partial charge in [0, 0.05) is 6.54 Å². The molecule has 10 heteroatoms. The summed E-state index contributed by atoms with van der Waals surface area (Å²) in [5, 5.41) is 9.22. The van der Waals surface area contributed by atoms with Crippen LogP contribution in [0, 0.1) is 0 Å². The largest absolute Gasteiger partial charge is 0.480 e. The topological polar surface area (TPSA) is 121 Å². The normalized spacial score (nSPS) is 16.7. The SMILES string of the molecule is C=CC1=C(C=C)C(=O)N(CC[C@H](C(=O)O)N(OC)S(C)(=O)=O)C1=O. The smallest absolute Gasteiger partial charge is 0.324 e. The Morgan fingerprint density at radius 2 is 1.75 bits per heavy atom. The highest BCUT2D eigenvalue weighted by Crippen LogP contribution is 2.23. The van der Waals surface area contributed by atoms with E-state index in [1.165, 1.54) is 12.2 Å². The molecule has 1 aliphatic rings. The van der Waals surface area contributed by atoms with Gasteiger partial charge in [-0.3, -0.25) is 24.1 Å². The lowest BCUT2D eigenvalue weighted by molar-refractivity contribution is -0.158. The van der Waals surface area contributed by atoms with Gasteiger partial charge in [0.05, 0.1) is 24.5 Å². The number of carbonyl (C=O) groups is 3. The third-order valence-corrected chi connectivity index (χ3v) is 4.38. The molecule has 0 aromatic carbocycles. The maximum absolute atomic E-state index is 12.2. The van der Waals surface area contributed by atoms with Gasteiger partial charge in [0.2, 0.25) is 10.0 Å². The summed E-state index contributed by atoms with van der Waals surface area (Å²) >= 11 is 0. The van der Waals surface area contributed by atoms with Gasteiger partial charge in [-0.15, -0.1) is 0 Å². The molecule has 0 radical (unpaired) electrons. The maximum Gasteiger partial charge on any atom is 0.324 e. The standard InChI is InChI=1S/C14H18N2O7S/c1-5-9-10(6-2)13(18)15(12(9)17)8-7-11(14(19)20)16(23-3)24(4,21)22/h5-6,11H,1-2,7-8H2,3-4H3,(H,19,20)/t11-/m1/s1. The first-order valence-corrected chi connectivity index (χ1v) is 8.56. The first-order chi connectivity index (χ1) is 11.1. The molecule has 2 amide bonds. The fraction of sp³-hybridized carbons (Fsp3) is 0.357. The van der Waals surface area contributed by atoms with E-state index in [0.29, 0.717) is 4.47 Å². The van der Waals surface area contributed by atoms with Crippen molar-refractivity contribution in [2.45, 2.75) is 12.5 Å². The maximum atomic E-state index is 12.2. The summed E-state index contributed by atoms with van der Waals surface area (Å²) < 4.78 is 23.5. The van der Waals surface area contributed by atoms with Gasteiger partial charge < -0.3 is 5.11 Å². The molecule has 0 saturated heterocycles. The summed E-state index contributed by atoms with van der Waals surface area (Å²) in [4.78, 5) is 41.1. The molecular formula is C14H18N2O7S. The van der Waals surface area contributed by atoms with Crippen molar-refractivity contribution >= 4 is 27.8 Å². The molecule has 0 aromatic heterocycles. The Kier molecular flexibility index (Phi) is 6.18. The lowest BCUT2D eigenvalue weighted by atomic mass is 10.1. The molecule has 0 fully saturated rings. The minimum atomic E-state index is -3.96. The number of carboxylic acids is 1. The van der Waals surface area contributed by atoms with Crippen LogP contribution in [0.15, 0.2) is 36.5 Å². The van der Waals surface area contributed by atoms with E-state index in [-0.39, 0.29) is 24.1 Å². The predicted molar refractivity (Wildman–Crippen MR) is 83.9 cm³/mol. The van der Waals surface area contributed by atoms with E-state index in [2.05, 4.69) is 18.0 Å². The molecule has 1 rings (SSSR count). The van der Waals surface area contributed by atoms with Crippen molar-refractivity contribution in [2.24, 2.45) is 0 Å². The number of nitrogens with zero attached hydrogens (tertiary/aromatic N) is 2. The molecule has 1 heterocycles. The van der Waals surface area contributed by atoms with Crippen molar-refractivity contribution in [1.29, 1.82) is 0 Å². The minimum absolute atomic E-state index is 0.0635. The number of amides is 2. The zero-order valence-corrected chi connectivity index (χ0v) is 14.1. The zero-order chi connectivity index (χ0) is 18.7. The summed E-state index contributed by atoms with van der Waals surface area (Å²) in [6, 6.07) is -1.59. The molecule has 1 N–H and O–H groups in total. The quantitative estimate of drug-likeness (QED) is 0.443. The van der Waals surface area contributed by atoms with Crippen LogP contribution in [0.4, 0.5) is 0 Å². The molecule has 0 bridgehead atoms. The number of hydroxylamine groups is 1. The second kappa shape index (κ2) is 7.51. The third-order valence-electron chi connectivity index (χ3n) is 3.32. The molecule has 132 valence electrons. The van der Waals surface area contributed by atoms with Crippen LogP contribution in [0.3, 0.4) is 0 Å². The second-order valence-electron chi connectivity index (χ2n) is 4.84. The number of carbonyl (C=O) groups excluding carboxylic acids is 2. The molecule has 0 unspecified atom stereocenters. The van der Waals surface area contributed by atoms with Crippen LogP contribution in [0.1, 0.15) is 6.42 Å². The van der Waals surface area contributed by atoms with Gasteiger partial charge in [0.1, 0.15) is 0 Å². The molecule has 1 atom stereocenters. The summed E-state index contributed by atoms with van der Waals surface area (Å²) in [5.74, 6) is -2.75. The number of carboxylic acid groups (broad SMARTS) is 1. The van der Waals surface area contributed by atoms with Crippen molar-refractivity contribution in [3.05, 3.63) is 36.5 Å². The van der Waals surface area contributed by atoms with E-state index in [1.807, 2.05) is 0 Å². The van der Waals surface area contributed by atoms with Gasteiger partial charge in [-0.1, -0.05) is 29.8 Å². The Morgan fingerprint density at radius 3 is 2.04 bits per heavy atom. The third kappa shape index (κ3) is 3.78. The zero-order valence-electron chi connectivity index (χ0n) is 13.3. The van der Waals surface area contributed by atoms with Gasteiger partial charge in [-0.25, -0.2) is 8.42 Å². The van der Waals surface area contributed by atoms with Crippen molar-refractivity contribution in [1.82, 2.24) is 9.37 Å². The highest BCUT2D eigenvalue weighted by atomic mass is 32.2. The Morgan fingerprint density at radius 1 is 1.29 bits per heavy atom. The van der Waals surface area contributed by atoms with Crippen LogP contribution < -0.4 is 0 Å². The van der Waals surface area contributed by atoms with E-state index in [4.69, 9.17) is 0 Å². The molecule has 1 aliphatic heterocycles. The summed E-state index contributed by atoms with van der Waals surface area (Å²) in [7, 11) is -2.95. The van der Waals surface area contributed by atoms with Gasteiger partial charge in [-0.2, -0.15) is 0 Å². The van der Waals surface area contributed by atoms with E-state index >= 15 is 0 Å². The Labute approximate surface area is 139 Å². The van der Waals surface area contributed by atoms with Crippen molar-refractivity contribution < 1.29 is 32.7 Å². The van der Waals surface area contributed by atoms with Crippen molar-refractivity contribution in [2.75, 3.05) is 19.9 Å². The Hall–Kier alpha value is -2.30. The predicted octanol–water partition coefficient (Wildman–Crippen LogP) is -0.310. The van der Waals surface area contributed by atoms with Gasteiger partial charge in [0.15, 0.2) is 6.04 Å². The number of aliphatic carboxylic acids is 1. The van der Waals surface area contributed by atoms with Crippen molar-refractivity contribution in [3.8, 4) is 0 Å². The summed E-state index contributed by atoms with van der Waals surface area (Å²) in [6.45, 7) is 6.59. The molecule has 0 aliphatic carbocycles. The number of hydrogen-bond donors (Lipinski definition) is 1. The fourth-order valence-electron chi connectivity index (χ4n) is 2.28. The van der Waals surface area contributed by atoms with Crippen LogP contribution in [-0.4, -0.2) is 66.6 Å². The molecule has 0 saturated carbocycles. The fourth-order valence-corrected chi connectivity index (χ4v) is 3.20. The van der Waals surface area contributed by atoms with Crippen LogP contribution in [0.5, 0.6) is 0 Å². The van der Waals surface area contributed by atoms with E-state index in [9.17, 15) is 27.9 Å². The second-order valence-corrected chi connectivity index (χ2v) is 6.67. The van der Waals surface area contributed by atoms with E-state index < -0.39 is 33.8 Å². The van der Waals surface area contributed by atoms with Gasteiger partial charge >= 0.3 is 5.97 Å². The number of rotatable bonds is 9. The van der Waals surface area contributed by atoms with Crippen LogP contribution >= 0.6 is 0 Å². The monoisotopic (exact) mass is 358 g/mol. The first kappa shape index (κ1) is 19.7. The lowest BCUT2D eigenvalue weighted by Gasteiger charge is -2.25. The van der Waals surface area contributed by atoms with E-state index in [0.717, 1.165) is 18.3 Å². The number of imide groups is 1. The van der Waals surface area contributed by atoms with Gasteiger partial charge in [-0.05, 0) is 6.42 Å². The summed E-state index contributed by atoms with van der Waals surface area (Å²) in [6.07, 6.45) is 2.86. The molecule has 0 aromatic rings. The van der Waals surface area contributed by atoms with Crippen LogP contribution in [-0.2, 0) is 29.2 Å². The summed E-state index contributed by atoms with van der Waals surface area (Å²) in [5.41, 5.74) is 0.127. The average Bonchev–Trinajstić information content (AvgIpc) is 2.71. The number of sulfonamides is 1.